The summed E-state index contributed by atoms with van der Waals surface area (Å²) in [5.41, 5.74) is 1.01. The van der Waals surface area contributed by atoms with E-state index in [1.54, 1.807) is 6.26 Å². The van der Waals surface area contributed by atoms with Gasteiger partial charge in [-0.25, -0.2) is 0 Å². The molecule has 0 spiro atoms. The fraction of sp³-hybridized carbons (Fsp3) is 0.476. The van der Waals surface area contributed by atoms with E-state index in [1.807, 2.05) is 44.2 Å². The van der Waals surface area contributed by atoms with Gasteiger partial charge in [0.1, 0.15) is 5.76 Å². The van der Waals surface area contributed by atoms with Crippen molar-refractivity contribution in [2.75, 3.05) is 13.2 Å². The molecule has 0 aliphatic rings. The summed E-state index contributed by atoms with van der Waals surface area (Å²) in [6, 6.07) is 9.49. The summed E-state index contributed by atoms with van der Waals surface area (Å²) >= 11 is 0. The molecule has 1 N–H and O–H groups in total. The largest absolute Gasteiger partial charge is 0.490 e. The lowest BCUT2D eigenvalue weighted by Gasteiger charge is -2.24. The molecule has 1 unspecified atom stereocenters. The lowest BCUT2D eigenvalue weighted by molar-refractivity contribution is -0.122. The molecule has 0 saturated heterocycles. The van der Waals surface area contributed by atoms with E-state index < -0.39 is 0 Å². The van der Waals surface area contributed by atoms with Crippen LogP contribution in [-0.2, 0) is 11.2 Å². The number of carbonyl (C=O) groups is 1. The van der Waals surface area contributed by atoms with Crippen LogP contribution in [-0.4, -0.2) is 19.1 Å². The number of ether oxygens (including phenoxy) is 2. The number of aryl methyl sites for hydroxylation is 1. The monoisotopic (exact) mass is 359 g/mol. The van der Waals surface area contributed by atoms with Crippen LogP contribution in [0.5, 0.6) is 11.5 Å². The van der Waals surface area contributed by atoms with Crippen molar-refractivity contribution in [2.45, 2.75) is 46.6 Å². The van der Waals surface area contributed by atoms with E-state index in [2.05, 4.69) is 19.2 Å². The van der Waals surface area contributed by atoms with Crippen molar-refractivity contribution in [1.29, 1.82) is 0 Å². The summed E-state index contributed by atoms with van der Waals surface area (Å²) in [5, 5.41) is 3.14. The van der Waals surface area contributed by atoms with Crippen molar-refractivity contribution in [1.82, 2.24) is 5.32 Å². The zero-order valence-electron chi connectivity index (χ0n) is 16.1. The molecule has 0 aliphatic carbocycles. The molecule has 1 aromatic heterocycles. The van der Waals surface area contributed by atoms with Gasteiger partial charge < -0.3 is 19.2 Å². The van der Waals surface area contributed by atoms with Gasteiger partial charge in [0.25, 0.3) is 0 Å². The summed E-state index contributed by atoms with van der Waals surface area (Å²) < 4.78 is 16.6. The molecule has 5 heteroatoms. The maximum atomic E-state index is 12.4. The maximum Gasteiger partial charge on any atom is 0.220 e. The molecule has 1 amide bonds. The molecular weight excluding hydrogens is 330 g/mol. The molecular formula is C21H29NO4. The Hall–Kier alpha value is -2.43. The van der Waals surface area contributed by atoms with Gasteiger partial charge in [0.15, 0.2) is 11.5 Å². The molecule has 0 radical (unpaired) electrons. The maximum absolute atomic E-state index is 12.4. The van der Waals surface area contributed by atoms with E-state index in [1.165, 1.54) is 0 Å². The highest BCUT2D eigenvalue weighted by atomic mass is 16.5. The fourth-order valence-corrected chi connectivity index (χ4v) is 2.83. The van der Waals surface area contributed by atoms with Crippen molar-refractivity contribution in [2.24, 2.45) is 5.92 Å². The zero-order chi connectivity index (χ0) is 18.9. The molecule has 5 nitrogen and oxygen atoms in total. The van der Waals surface area contributed by atoms with Crippen LogP contribution in [0.4, 0.5) is 0 Å². The summed E-state index contributed by atoms with van der Waals surface area (Å²) in [5.74, 6) is 2.51. The Morgan fingerprint density at radius 2 is 1.85 bits per heavy atom. The fourth-order valence-electron chi connectivity index (χ4n) is 2.83. The van der Waals surface area contributed by atoms with Crippen LogP contribution >= 0.6 is 0 Å². The van der Waals surface area contributed by atoms with Gasteiger partial charge in [-0.3, -0.25) is 4.79 Å². The Bertz CT molecular complexity index is 679. The predicted molar refractivity (Wildman–Crippen MR) is 102 cm³/mol. The number of amides is 1. The zero-order valence-corrected chi connectivity index (χ0v) is 16.1. The first-order valence-electron chi connectivity index (χ1n) is 9.26. The van der Waals surface area contributed by atoms with Gasteiger partial charge in [-0.15, -0.1) is 0 Å². The van der Waals surface area contributed by atoms with Gasteiger partial charge in [0.05, 0.1) is 25.5 Å². The summed E-state index contributed by atoms with van der Waals surface area (Å²) in [7, 11) is 0. The van der Waals surface area contributed by atoms with E-state index in [0.29, 0.717) is 31.8 Å². The van der Waals surface area contributed by atoms with Gasteiger partial charge in [-0.2, -0.15) is 0 Å². The first-order valence-corrected chi connectivity index (χ1v) is 9.26. The van der Waals surface area contributed by atoms with Crippen molar-refractivity contribution >= 4 is 5.91 Å². The highest BCUT2D eigenvalue weighted by Crippen LogP contribution is 2.33. The van der Waals surface area contributed by atoms with Crippen molar-refractivity contribution < 1.29 is 18.7 Å². The lowest BCUT2D eigenvalue weighted by Crippen LogP contribution is -2.31. The number of benzene rings is 1. The van der Waals surface area contributed by atoms with E-state index in [0.717, 1.165) is 17.1 Å². The Kier molecular flexibility index (Phi) is 7.57. The predicted octanol–water partition coefficient (Wildman–Crippen LogP) is 4.52. The van der Waals surface area contributed by atoms with E-state index in [4.69, 9.17) is 13.9 Å². The molecule has 2 rings (SSSR count). The number of carbonyl (C=O) groups excluding carboxylic acids is 1. The molecule has 0 fully saturated rings. The van der Waals surface area contributed by atoms with Crippen LogP contribution in [0.1, 0.15) is 51.5 Å². The molecule has 142 valence electrons. The van der Waals surface area contributed by atoms with Crippen LogP contribution < -0.4 is 14.8 Å². The second kappa shape index (κ2) is 9.90. The number of hydrogen-bond acceptors (Lipinski definition) is 4. The quantitative estimate of drug-likeness (QED) is 0.677. The first kappa shape index (κ1) is 19.9. The number of hydrogen-bond donors (Lipinski definition) is 1. The second-order valence-electron chi connectivity index (χ2n) is 6.44. The molecule has 0 saturated carbocycles. The van der Waals surface area contributed by atoms with E-state index in [9.17, 15) is 4.79 Å². The van der Waals surface area contributed by atoms with E-state index >= 15 is 0 Å². The standard InChI is InChI=1S/C21H29NO4/c1-5-24-18-11-9-16(14-19(18)25-6-2)21(15(3)4)22-20(23)12-10-17-8-7-13-26-17/h7-9,11,13-15,21H,5-6,10,12H2,1-4H3,(H,22,23). The molecule has 1 atom stereocenters. The third-order valence-corrected chi connectivity index (χ3v) is 4.09. The lowest BCUT2D eigenvalue weighted by atomic mass is 9.95. The minimum absolute atomic E-state index is 0.00643. The molecule has 2 aromatic rings. The normalized spacial score (nSPS) is 12.0. The first-order chi connectivity index (χ1) is 12.5. The van der Waals surface area contributed by atoms with E-state index in [-0.39, 0.29) is 17.9 Å². The smallest absolute Gasteiger partial charge is 0.220 e. The Morgan fingerprint density at radius 1 is 1.12 bits per heavy atom. The third kappa shape index (κ3) is 5.55. The minimum atomic E-state index is -0.0889. The van der Waals surface area contributed by atoms with Crippen LogP contribution in [0.3, 0.4) is 0 Å². The second-order valence-corrected chi connectivity index (χ2v) is 6.44. The third-order valence-electron chi connectivity index (χ3n) is 4.09. The Labute approximate surface area is 155 Å². The van der Waals surface area contributed by atoms with Crippen LogP contribution in [0.2, 0.25) is 0 Å². The van der Waals surface area contributed by atoms with Gasteiger partial charge in [-0.1, -0.05) is 19.9 Å². The highest BCUT2D eigenvalue weighted by Gasteiger charge is 2.20. The van der Waals surface area contributed by atoms with Gasteiger partial charge >= 0.3 is 0 Å². The molecule has 1 heterocycles. The van der Waals surface area contributed by atoms with Crippen LogP contribution in [0.15, 0.2) is 41.0 Å². The summed E-state index contributed by atoms with van der Waals surface area (Å²) in [6.45, 7) is 9.21. The molecule has 0 aliphatic heterocycles. The SMILES string of the molecule is CCOc1ccc(C(NC(=O)CCc2ccco2)C(C)C)cc1OCC. The summed E-state index contributed by atoms with van der Waals surface area (Å²) in [4.78, 5) is 12.4. The minimum Gasteiger partial charge on any atom is -0.490 e. The van der Waals surface area contributed by atoms with Crippen molar-refractivity contribution in [3.8, 4) is 11.5 Å². The van der Waals surface area contributed by atoms with Crippen LogP contribution in [0, 0.1) is 5.92 Å². The van der Waals surface area contributed by atoms with Gasteiger partial charge in [-0.05, 0) is 49.6 Å². The number of nitrogens with one attached hydrogen (secondary N) is 1. The average molecular weight is 359 g/mol. The highest BCUT2D eigenvalue weighted by molar-refractivity contribution is 5.76. The van der Waals surface area contributed by atoms with Crippen molar-refractivity contribution in [3.63, 3.8) is 0 Å². The molecule has 26 heavy (non-hydrogen) atoms. The Morgan fingerprint density at radius 3 is 2.46 bits per heavy atom. The molecule has 1 aromatic carbocycles. The topological polar surface area (TPSA) is 60.7 Å². The Balaban J connectivity index is 2.10. The molecule has 0 bridgehead atoms. The average Bonchev–Trinajstić information content (AvgIpc) is 3.13. The number of rotatable bonds is 10. The number of furan rings is 1. The van der Waals surface area contributed by atoms with Gasteiger partial charge in [0.2, 0.25) is 5.91 Å². The van der Waals surface area contributed by atoms with Crippen LogP contribution in [0.25, 0.3) is 0 Å². The van der Waals surface area contributed by atoms with Gasteiger partial charge in [0, 0.05) is 12.8 Å². The van der Waals surface area contributed by atoms with Crippen molar-refractivity contribution in [3.05, 3.63) is 47.9 Å². The summed E-state index contributed by atoms with van der Waals surface area (Å²) in [6.07, 6.45) is 2.61.